The monoisotopic (exact) mass is 149 g/mol. The van der Waals surface area contributed by atoms with Gasteiger partial charge in [0, 0.05) is 7.05 Å². The highest BCUT2D eigenvalue weighted by Crippen LogP contribution is 2.27. The minimum absolute atomic E-state index is 0.736. The van der Waals surface area contributed by atoms with Crippen molar-refractivity contribution < 1.29 is 13.2 Å². The van der Waals surface area contributed by atoms with E-state index in [4.69, 9.17) is 0 Å². The third kappa shape index (κ3) is 1.12. The molecular formula is C5H4F3N2. The zero-order valence-corrected chi connectivity index (χ0v) is 5.11. The number of alkyl halides is 3. The van der Waals surface area contributed by atoms with E-state index >= 15 is 0 Å². The Morgan fingerprint density at radius 2 is 2.20 bits per heavy atom. The van der Waals surface area contributed by atoms with Crippen molar-refractivity contribution in [3.8, 4) is 0 Å². The van der Waals surface area contributed by atoms with Gasteiger partial charge in [0.05, 0.1) is 0 Å². The molecule has 0 bridgehead atoms. The number of aromatic nitrogens is 2. The van der Waals surface area contributed by atoms with Crippen molar-refractivity contribution in [3.05, 3.63) is 18.0 Å². The molecule has 2 nitrogen and oxygen atoms in total. The van der Waals surface area contributed by atoms with Crippen molar-refractivity contribution in [2.45, 2.75) is 6.18 Å². The summed E-state index contributed by atoms with van der Waals surface area (Å²) >= 11 is 0. The number of hydrogen-bond donors (Lipinski definition) is 0. The second kappa shape index (κ2) is 2.00. The molecule has 5 heteroatoms. The fraction of sp³-hybridized carbons (Fsp3) is 0.400. The Morgan fingerprint density at radius 1 is 1.60 bits per heavy atom. The highest BCUT2D eigenvalue weighted by atomic mass is 19.4. The van der Waals surface area contributed by atoms with Crippen molar-refractivity contribution in [1.29, 1.82) is 0 Å². The number of aryl methyl sites for hydroxylation is 1. The molecule has 0 atom stereocenters. The lowest BCUT2D eigenvalue weighted by atomic mass is 10.4. The lowest BCUT2D eigenvalue weighted by molar-refractivity contribution is -0.143. The van der Waals surface area contributed by atoms with Gasteiger partial charge in [-0.2, -0.15) is 18.3 Å². The summed E-state index contributed by atoms with van der Waals surface area (Å²) in [5.74, 6) is 0. The Morgan fingerprint density at radius 3 is 2.40 bits per heavy atom. The Hall–Kier alpha value is -1.00. The summed E-state index contributed by atoms with van der Waals surface area (Å²) in [5, 5.41) is 3.25. The first kappa shape index (κ1) is 7.11. The molecule has 0 unspecified atom stereocenters. The number of halogens is 3. The minimum Gasteiger partial charge on any atom is -0.263 e. The van der Waals surface area contributed by atoms with Crippen LogP contribution in [0.5, 0.6) is 0 Å². The largest absolute Gasteiger partial charge is 0.433 e. The summed E-state index contributed by atoms with van der Waals surface area (Å²) < 4.78 is 36.1. The van der Waals surface area contributed by atoms with Gasteiger partial charge in [0.25, 0.3) is 0 Å². The number of nitrogens with zero attached hydrogens (tertiary/aromatic N) is 2. The summed E-state index contributed by atoms with van der Waals surface area (Å²) in [6, 6.07) is 0.806. The smallest absolute Gasteiger partial charge is 0.263 e. The summed E-state index contributed by atoms with van der Waals surface area (Å²) in [5.41, 5.74) is -0.785. The number of hydrogen-bond acceptors (Lipinski definition) is 1. The maximum absolute atomic E-state index is 11.8. The third-order valence-corrected chi connectivity index (χ3v) is 1.05. The van der Waals surface area contributed by atoms with Crippen LogP contribution in [0.2, 0.25) is 0 Å². The van der Waals surface area contributed by atoms with Crippen molar-refractivity contribution in [1.82, 2.24) is 9.78 Å². The van der Waals surface area contributed by atoms with Gasteiger partial charge in [-0.3, -0.25) is 4.68 Å². The molecule has 10 heavy (non-hydrogen) atoms. The molecule has 0 fully saturated rings. The van der Waals surface area contributed by atoms with Gasteiger partial charge in [0.2, 0.25) is 0 Å². The van der Waals surface area contributed by atoms with Crippen LogP contribution in [0.1, 0.15) is 5.69 Å². The van der Waals surface area contributed by atoms with Crippen LogP contribution in [0, 0.1) is 6.20 Å². The lowest BCUT2D eigenvalue weighted by Crippen LogP contribution is -2.11. The molecule has 0 saturated carbocycles. The average Bonchev–Trinajstić information content (AvgIpc) is 2.11. The predicted molar refractivity (Wildman–Crippen MR) is 27.0 cm³/mol. The topological polar surface area (TPSA) is 17.8 Å². The van der Waals surface area contributed by atoms with E-state index in [0.717, 1.165) is 10.7 Å². The summed E-state index contributed by atoms with van der Waals surface area (Å²) in [7, 11) is 1.22. The maximum atomic E-state index is 11.8. The first-order valence-electron chi connectivity index (χ1n) is 2.49. The van der Waals surface area contributed by atoms with E-state index in [1.165, 1.54) is 7.05 Å². The van der Waals surface area contributed by atoms with E-state index in [-0.39, 0.29) is 0 Å². The first-order valence-corrected chi connectivity index (χ1v) is 2.49. The SMILES string of the molecule is Cn1n[c]cc1C(F)(F)F. The molecule has 1 rings (SSSR count). The van der Waals surface area contributed by atoms with Gasteiger partial charge in [-0.05, 0) is 6.07 Å². The Labute approximate surface area is 55.3 Å². The van der Waals surface area contributed by atoms with Crippen molar-refractivity contribution in [2.24, 2.45) is 7.05 Å². The highest BCUT2D eigenvalue weighted by molar-refractivity contribution is 5.02. The highest BCUT2D eigenvalue weighted by Gasteiger charge is 2.33. The van der Waals surface area contributed by atoms with Crippen molar-refractivity contribution >= 4 is 0 Å². The molecule has 0 amide bonds. The van der Waals surface area contributed by atoms with Crippen molar-refractivity contribution in [2.75, 3.05) is 0 Å². The predicted octanol–water partition coefficient (Wildman–Crippen LogP) is 1.24. The quantitative estimate of drug-likeness (QED) is 0.542. The molecule has 0 spiro atoms. The fourth-order valence-corrected chi connectivity index (χ4v) is 0.589. The van der Waals surface area contributed by atoms with Crippen LogP contribution in [-0.4, -0.2) is 9.78 Å². The molecule has 0 aliphatic rings. The second-order valence-electron chi connectivity index (χ2n) is 1.78. The summed E-state index contributed by atoms with van der Waals surface area (Å²) in [6.07, 6.45) is -2.22. The van der Waals surface area contributed by atoms with Gasteiger partial charge < -0.3 is 0 Å². The third-order valence-electron chi connectivity index (χ3n) is 1.05. The van der Waals surface area contributed by atoms with Gasteiger partial charge in [-0.25, -0.2) is 0 Å². The molecule has 0 aliphatic carbocycles. The van der Waals surface area contributed by atoms with E-state index in [1.807, 2.05) is 0 Å². The van der Waals surface area contributed by atoms with E-state index in [1.54, 1.807) is 0 Å². The molecular weight excluding hydrogens is 145 g/mol. The van der Waals surface area contributed by atoms with E-state index in [2.05, 4.69) is 11.3 Å². The molecule has 55 valence electrons. The Bertz CT molecular complexity index is 225. The average molecular weight is 149 g/mol. The zero-order chi connectivity index (χ0) is 7.78. The molecule has 0 saturated heterocycles. The maximum Gasteiger partial charge on any atom is 0.433 e. The molecule has 0 aliphatic heterocycles. The standard InChI is InChI=1S/C5H4F3N2/c1-10-4(2-3-9-10)5(6,7)8/h2H,1H3. The van der Waals surface area contributed by atoms with Crippen LogP contribution in [0.4, 0.5) is 13.2 Å². The van der Waals surface area contributed by atoms with Crippen LogP contribution in [0.25, 0.3) is 0 Å². The Kier molecular flexibility index (Phi) is 1.42. The van der Waals surface area contributed by atoms with Crippen LogP contribution in [-0.2, 0) is 13.2 Å². The van der Waals surface area contributed by atoms with E-state index in [0.29, 0.717) is 0 Å². The van der Waals surface area contributed by atoms with Crippen LogP contribution < -0.4 is 0 Å². The molecule has 1 aromatic rings. The van der Waals surface area contributed by atoms with Crippen LogP contribution >= 0.6 is 0 Å². The lowest BCUT2D eigenvalue weighted by Gasteiger charge is -2.04. The molecule has 0 aromatic carbocycles. The van der Waals surface area contributed by atoms with Crippen LogP contribution in [0.15, 0.2) is 6.07 Å². The van der Waals surface area contributed by atoms with Gasteiger partial charge in [0.1, 0.15) is 11.9 Å². The van der Waals surface area contributed by atoms with Gasteiger partial charge in [-0.15, -0.1) is 0 Å². The van der Waals surface area contributed by atoms with Crippen LogP contribution in [0.3, 0.4) is 0 Å². The number of rotatable bonds is 0. The van der Waals surface area contributed by atoms with E-state index in [9.17, 15) is 13.2 Å². The Balaban J connectivity index is 3.05. The summed E-state index contributed by atoms with van der Waals surface area (Å²) in [6.45, 7) is 0. The van der Waals surface area contributed by atoms with E-state index < -0.39 is 11.9 Å². The fourth-order valence-electron chi connectivity index (χ4n) is 0.589. The second-order valence-corrected chi connectivity index (χ2v) is 1.78. The first-order chi connectivity index (χ1) is 4.52. The molecule has 1 aromatic heterocycles. The summed E-state index contributed by atoms with van der Waals surface area (Å²) in [4.78, 5) is 0. The van der Waals surface area contributed by atoms with Gasteiger partial charge in [0.15, 0.2) is 0 Å². The van der Waals surface area contributed by atoms with Gasteiger partial charge >= 0.3 is 6.18 Å². The molecule has 0 N–H and O–H groups in total. The minimum atomic E-state index is -4.32. The zero-order valence-electron chi connectivity index (χ0n) is 5.11. The molecule has 1 radical (unpaired) electrons. The van der Waals surface area contributed by atoms with Gasteiger partial charge in [-0.1, -0.05) is 0 Å². The molecule has 1 heterocycles. The normalized spacial score (nSPS) is 12.0. The van der Waals surface area contributed by atoms with Crippen molar-refractivity contribution in [3.63, 3.8) is 0 Å².